The minimum Gasteiger partial charge on any atom is -0.493 e. The Balaban J connectivity index is 1.26. The number of ether oxygens (including phenoxy) is 3. The molecule has 7 nitrogen and oxygen atoms in total. The second-order valence-corrected chi connectivity index (χ2v) is 8.95. The van der Waals surface area contributed by atoms with Gasteiger partial charge < -0.3 is 24.0 Å². The standard InChI is InChI=1S/C27H37N3O4/c1-4-34-24-8-6-5-7-23(24)29-15-17-30(18-16-29)27(31)22-11-13-28(14-12-22)20-21-9-10-25(32-2)26(19-21)33-3/h5-10,19,22H,4,11-18,20H2,1-3H3. The Morgan fingerprint density at radius 3 is 2.26 bits per heavy atom. The molecule has 2 aromatic carbocycles. The Hall–Kier alpha value is -2.93. The summed E-state index contributed by atoms with van der Waals surface area (Å²) in [7, 11) is 3.31. The number of methoxy groups -OCH3 is 2. The van der Waals surface area contributed by atoms with Gasteiger partial charge >= 0.3 is 0 Å². The number of amides is 1. The minimum atomic E-state index is 0.129. The molecule has 1 amide bonds. The van der Waals surface area contributed by atoms with Gasteiger partial charge in [0.05, 0.1) is 26.5 Å². The van der Waals surface area contributed by atoms with E-state index in [9.17, 15) is 4.79 Å². The SMILES string of the molecule is CCOc1ccccc1N1CCN(C(=O)C2CCN(Cc3ccc(OC)c(OC)c3)CC2)CC1. The van der Waals surface area contributed by atoms with Gasteiger partial charge in [0.2, 0.25) is 5.91 Å². The lowest BCUT2D eigenvalue weighted by molar-refractivity contribution is -0.137. The highest BCUT2D eigenvalue weighted by atomic mass is 16.5. The number of benzene rings is 2. The number of rotatable bonds is 8. The van der Waals surface area contributed by atoms with Crippen LogP contribution in [-0.2, 0) is 11.3 Å². The zero-order chi connectivity index (χ0) is 23.9. The van der Waals surface area contributed by atoms with E-state index in [-0.39, 0.29) is 5.92 Å². The average Bonchev–Trinajstić information content (AvgIpc) is 2.89. The predicted molar refractivity (Wildman–Crippen MR) is 134 cm³/mol. The van der Waals surface area contributed by atoms with Crippen molar-refractivity contribution in [3.05, 3.63) is 48.0 Å². The summed E-state index contributed by atoms with van der Waals surface area (Å²) in [6.07, 6.45) is 1.83. The van der Waals surface area contributed by atoms with Gasteiger partial charge in [-0.2, -0.15) is 0 Å². The maximum Gasteiger partial charge on any atom is 0.225 e. The van der Waals surface area contributed by atoms with Gasteiger partial charge in [-0.3, -0.25) is 9.69 Å². The van der Waals surface area contributed by atoms with Gasteiger partial charge in [-0.1, -0.05) is 18.2 Å². The van der Waals surface area contributed by atoms with Crippen molar-refractivity contribution in [2.45, 2.75) is 26.3 Å². The van der Waals surface area contributed by atoms with Crippen molar-refractivity contribution in [1.29, 1.82) is 0 Å². The van der Waals surface area contributed by atoms with Gasteiger partial charge in [-0.15, -0.1) is 0 Å². The third-order valence-corrected chi connectivity index (χ3v) is 6.89. The average molecular weight is 468 g/mol. The third kappa shape index (κ3) is 5.58. The molecule has 0 spiro atoms. The van der Waals surface area contributed by atoms with Crippen LogP contribution in [0, 0.1) is 5.92 Å². The van der Waals surface area contributed by atoms with Crippen LogP contribution < -0.4 is 19.1 Å². The van der Waals surface area contributed by atoms with Crippen LogP contribution in [0.15, 0.2) is 42.5 Å². The molecule has 0 unspecified atom stereocenters. The van der Waals surface area contributed by atoms with Crippen LogP contribution in [0.3, 0.4) is 0 Å². The first-order valence-corrected chi connectivity index (χ1v) is 12.3. The topological polar surface area (TPSA) is 54.5 Å². The van der Waals surface area contributed by atoms with E-state index < -0.39 is 0 Å². The number of nitrogens with zero attached hydrogens (tertiary/aromatic N) is 3. The zero-order valence-corrected chi connectivity index (χ0v) is 20.7. The molecule has 184 valence electrons. The summed E-state index contributed by atoms with van der Waals surface area (Å²) in [5.41, 5.74) is 2.32. The van der Waals surface area contributed by atoms with Gasteiger partial charge in [0.1, 0.15) is 5.75 Å². The van der Waals surface area contributed by atoms with Crippen molar-refractivity contribution >= 4 is 11.6 Å². The highest BCUT2D eigenvalue weighted by Gasteiger charge is 2.31. The highest BCUT2D eigenvalue weighted by Crippen LogP contribution is 2.31. The summed E-state index contributed by atoms with van der Waals surface area (Å²) in [6.45, 7) is 8.61. The van der Waals surface area contributed by atoms with Crippen LogP contribution in [0.5, 0.6) is 17.2 Å². The van der Waals surface area contributed by atoms with Crippen molar-refractivity contribution in [2.24, 2.45) is 5.92 Å². The van der Waals surface area contributed by atoms with Gasteiger partial charge in [-0.05, 0) is 62.7 Å². The summed E-state index contributed by atoms with van der Waals surface area (Å²) < 4.78 is 16.6. The highest BCUT2D eigenvalue weighted by molar-refractivity contribution is 5.79. The molecule has 2 aliphatic rings. The molecule has 2 aromatic rings. The van der Waals surface area contributed by atoms with Crippen molar-refractivity contribution < 1.29 is 19.0 Å². The van der Waals surface area contributed by atoms with Crippen LogP contribution in [0.25, 0.3) is 0 Å². The molecule has 2 aliphatic heterocycles. The molecule has 0 bridgehead atoms. The first-order chi connectivity index (χ1) is 16.6. The lowest BCUT2D eigenvalue weighted by Gasteiger charge is -2.39. The number of carbonyl (C=O) groups is 1. The maximum atomic E-state index is 13.2. The summed E-state index contributed by atoms with van der Waals surface area (Å²) in [5.74, 6) is 2.88. The van der Waals surface area contributed by atoms with Crippen LogP contribution in [0.4, 0.5) is 5.69 Å². The number of piperazine rings is 1. The minimum absolute atomic E-state index is 0.129. The second-order valence-electron chi connectivity index (χ2n) is 8.95. The molecule has 0 N–H and O–H groups in total. The molecule has 2 heterocycles. The predicted octanol–water partition coefficient (Wildman–Crippen LogP) is 3.66. The molecule has 0 atom stereocenters. The van der Waals surface area contributed by atoms with E-state index in [2.05, 4.69) is 26.8 Å². The molecule has 0 saturated carbocycles. The second kappa shape index (κ2) is 11.5. The molecule has 34 heavy (non-hydrogen) atoms. The van der Waals surface area contributed by atoms with Gasteiger partial charge in [-0.25, -0.2) is 0 Å². The van der Waals surface area contributed by atoms with E-state index in [1.165, 1.54) is 5.56 Å². The lowest BCUT2D eigenvalue weighted by Crippen LogP contribution is -2.51. The molecule has 0 radical (unpaired) electrons. The first-order valence-electron chi connectivity index (χ1n) is 12.3. The van der Waals surface area contributed by atoms with E-state index in [1.807, 2.05) is 37.3 Å². The molecule has 7 heteroatoms. The monoisotopic (exact) mass is 467 g/mol. The number of piperidine rings is 1. The number of para-hydroxylation sites is 2. The molecule has 2 fully saturated rings. The fraction of sp³-hybridized carbons (Fsp3) is 0.519. The maximum absolute atomic E-state index is 13.2. The van der Waals surface area contributed by atoms with Gasteiger partial charge in [0, 0.05) is 38.6 Å². The summed E-state index contributed by atoms with van der Waals surface area (Å²) in [4.78, 5) is 20.0. The van der Waals surface area contributed by atoms with E-state index >= 15 is 0 Å². The number of hydrogen-bond donors (Lipinski definition) is 0. The largest absolute Gasteiger partial charge is 0.493 e. The molecule has 0 aliphatic carbocycles. The summed E-state index contributed by atoms with van der Waals surface area (Å²) in [5, 5.41) is 0. The van der Waals surface area contributed by atoms with E-state index in [0.29, 0.717) is 12.5 Å². The van der Waals surface area contributed by atoms with Gasteiger partial charge in [0.25, 0.3) is 0 Å². The van der Waals surface area contributed by atoms with Crippen LogP contribution >= 0.6 is 0 Å². The fourth-order valence-corrected chi connectivity index (χ4v) is 5.00. The summed E-state index contributed by atoms with van der Waals surface area (Å²) >= 11 is 0. The lowest BCUT2D eigenvalue weighted by atomic mass is 9.94. The van der Waals surface area contributed by atoms with E-state index in [4.69, 9.17) is 14.2 Å². The number of likely N-dealkylation sites (tertiary alicyclic amines) is 1. The van der Waals surface area contributed by atoms with E-state index in [0.717, 1.165) is 81.6 Å². The molecule has 2 saturated heterocycles. The Morgan fingerprint density at radius 1 is 0.882 bits per heavy atom. The number of carbonyl (C=O) groups excluding carboxylic acids is 1. The first kappa shape index (κ1) is 24.2. The van der Waals surface area contributed by atoms with Crippen LogP contribution in [0.1, 0.15) is 25.3 Å². The van der Waals surface area contributed by atoms with Crippen molar-refractivity contribution in [1.82, 2.24) is 9.80 Å². The summed E-state index contributed by atoms with van der Waals surface area (Å²) in [6, 6.07) is 14.3. The molecular weight excluding hydrogens is 430 g/mol. The van der Waals surface area contributed by atoms with Crippen LogP contribution in [-0.4, -0.2) is 75.8 Å². The van der Waals surface area contributed by atoms with Crippen molar-refractivity contribution in [3.63, 3.8) is 0 Å². The van der Waals surface area contributed by atoms with Crippen molar-refractivity contribution in [3.8, 4) is 17.2 Å². The Kier molecular flexibility index (Phi) is 8.16. The Bertz CT molecular complexity index is 951. The third-order valence-electron chi connectivity index (χ3n) is 6.89. The fourth-order valence-electron chi connectivity index (χ4n) is 5.00. The number of anilines is 1. The molecule has 0 aromatic heterocycles. The molecule has 4 rings (SSSR count). The van der Waals surface area contributed by atoms with E-state index in [1.54, 1.807) is 14.2 Å². The zero-order valence-electron chi connectivity index (χ0n) is 20.7. The normalized spacial score (nSPS) is 17.5. The Morgan fingerprint density at radius 2 is 1.59 bits per heavy atom. The molecular formula is C27H37N3O4. The smallest absolute Gasteiger partial charge is 0.225 e. The Labute approximate surface area is 203 Å². The van der Waals surface area contributed by atoms with Gasteiger partial charge in [0.15, 0.2) is 11.5 Å². The number of hydrogen-bond acceptors (Lipinski definition) is 6. The van der Waals surface area contributed by atoms with Crippen LogP contribution in [0.2, 0.25) is 0 Å². The quantitative estimate of drug-likeness (QED) is 0.591. The van der Waals surface area contributed by atoms with Crippen molar-refractivity contribution in [2.75, 3.05) is 65.0 Å².